The second kappa shape index (κ2) is 4.20. The van der Waals surface area contributed by atoms with E-state index in [1.807, 2.05) is 0 Å². The molecule has 1 heterocycles. The van der Waals surface area contributed by atoms with Gasteiger partial charge in [0.2, 0.25) is 0 Å². The summed E-state index contributed by atoms with van der Waals surface area (Å²) >= 11 is 0. The summed E-state index contributed by atoms with van der Waals surface area (Å²) in [6.07, 6.45) is 1.41. The molecule has 4 N–H and O–H groups in total. The molecule has 7 heteroatoms. The lowest BCUT2D eigenvalue weighted by molar-refractivity contribution is 0.102. The first kappa shape index (κ1) is 11.1. The van der Waals surface area contributed by atoms with Gasteiger partial charge in [0, 0.05) is 6.07 Å². The van der Waals surface area contributed by atoms with E-state index in [0.29, 0.717) is 0 Å². The normalized spacial score (nSPS) is 10.2. The van der Waals surface area contributed by atoms with Crippen molar-refractivity contribution in [2.24, 2.45) is 0 Å². The minimum Gasteiger partial charge on any atom is -0.396 e. The van der Waals surface area contributed by atoms with Crippen molar-refractivity contribution in [1.29, 1.82) is 0 Å². The van der Waals surface area contributed by atoms with Crippen LogP contribution in [0.4, 0.5) is 20.3 Å². The van der Waals surface area contributed by atoms with E-state index in [1.54, 1.807) is 0 Å². The lowest BCUT2D eigenvalue weighted by atomic mass is 10.1. The van der Waals surface area contributed by atoms with Gasteiger partial charge in [-0.25, -0.2) is 8.78 Å². The van der Waals surface area contributed by atoms with Crippen LogP contribution in [0.15, 0.2) is 24.4 Å². The van der Waals surface area contributed by atoms with Gasteiger partial charge in [-0.2, -0.15) is 5.10 Å². The molecule has 2 aromatic rings. The number of anilines is 2. The highest BCUT2D eigenvalue weighted by atomic mass is 19.1. The number of carbonyl (C=O) groups is 1. The van der Waals surface area contributed by atoms with Gasteiger partial charge >= 0.3 is 0 Å². The summed E-state index contributed by atoms with van der Waals surface area (Å²) in [6, 6.07) is 3.05. The third-order valence-corrected chi connectivity index (χ3v) is 2.06. The number of carbonyl (C=O) groups excluding carboxylic acids is 1. The van der Waals surface area contributed by atoms with Crippen molar-refractivity contribution in [2.75, 3.05) is 11.1 Å². The van der Waals surface area contributed by atoms with Crippen molar-refractivity contribution in [3.63, 3.8) is 0 Å². The fourth-order valence-electron chi connectivity index (χ4n) is 1.29. The Morgan fingerprint density at radius 2 is 2.18 bits per heavy atom. The van der Waals surface area contributed by atoms with E-state index < -0.39 is 28.8 Å². The molecule has 0 aliphatic heterocycles. The number of halogens is 2. The molecule has 1 amide bonds. The van der Waals surface area contributed by atoms with Gasteiger partial charge in [-0.3, -0.25) is 9.89 Å². The van der Waals surface area contributed by atoms with Gasteiger partial charge in [0.15, 0.2) is 5.82 Å². The third kappa shape index (κ3) is 2.22. The third-order valence-electron chi connectivity index (χ3n) is 2.06. The Bertz CT molecular complexity index is 554. The van der Waals surface area contributed by atoms with Crippen LogP contribution in [0.5, 0.6) is 0 Å². The van der Waals surface area contributed by atoms with Gasteiger partial charge in [-0.05, 0) is 12.1 Å². The van der Waals surface area contributed by atoms with Crippen LogP contribution < -0.4 is 11.1 Å². The summed E-state index contributed by atoms with van der Waals surface area (Å²) in [7, 11) is 0. The molecular formula is C10H8F2N4O. The minimum absolute atomic E-state index is 0.275. The molecule has 1 aromatic carbocycles. The number of nitrogens with zero attached hydrogens (tertiary/aromatic N) is 1. The van der Waals surface area contributed by atoms with Gasteiger partial charge in [0.1, 0.15) is 11.6 Å². The number of aromatic nitrogens is 2. The van der Waals surface area contributed by atoms with E-state index in [-0.39, 0.29) is 5.82 Å². The molecule has 0 aliphatic rings. The number of rotatable bonds is 2. The maximum Gasteiger partial charge on any atom is 0.259 e. The molecule has 0 saturated heterocycles. The number of H-pyrrole nitrogens is 1. The predicted molar refractivity (Wildman–Crippen MR) is 57.3 cm³/mol. The molecule has 0 saturated carbocycles. The Morgan fingerprint density at radius 1 is 1.41 bits per heavy atom. The number of hydrogen-bond acceptors (Lipinski definition) is 3. The van der Waals surface area contributed by atoms with Crippen LogP contribution in [-0.4, -0.2) is 16.1 Å². The zero-order chi connectivity index (χ0) is 12.4. The number of hydrogen-bond donors (Lipinski definition) is 3. The highest BCUT2D eigenvalue weighted by Crippen LogP contribution is 2.18. The predicted octanol–water partition coefficient (Wildman–Crippen LogP) is 1.52. The van der Waals surface area contributed by atoms with Crippen molar-refractivity contribution in [2.45, 2.75) is 0 Å². The summed E-state index contributed by atoms with van der Waals surface area (Å²) in [5.41, 5.74) is 4.34. The molecular weight excluding hydrogens is 230 g/mol. The van der Waals surface area contributed by atoms with Gasteiger partial charge in [0.05, 0.1) is 17.4 Å². The number of nitrogen functional groups attached to an aromatic ring is 1. The summed E-state index contributed by atoms with van der Waals surface area (Å²) < 4.78 is 26.5. The molecule has 17 heavy (non-hydrogen) atoms. The molecule has 1 aromatic heterocycles. The summed E-state index contributed by atoms with van der Waals surface area (Å²) in [5, 5.41) is 8.37. The minimum atomic E-state index is -0.955. The average molecular weight is 238 g/mol. The highest BCUT2D eigenvalue weighted by molar-refractivity contribution is 6.04. The van der Waals surface area contributed by atoms with Crippen LogP contribution in [0.1, 0.15) is 10.4 Å². The van der Waals surface area contributed by atoms with Gasteiger partial charge in [-0.15, -0.1) is 0 Å². The Labute approximate surface area is 94.6 Å². The molecule has 0 bridgehead atoms. The molecule has 0 atom stereocenters. The first-order chi connectivity index (χ1) is 8.08. The molecule has 2 rings (SSSR count). The zero-order valence-electron chi connectivity index (χ0n) is 8.50. The van der Waals surface area contributed by atoms with Crippen LogP contribution in [0.25, 0.3) is 0 Å². The van der Waals surface area contributed by atoms with E-state index in [2.05, 4.69) is 15.5 Å². The number of amides is 1. The van der Waals surface area contributed by atoms with Gasteiger partial charge in [0.25, 0.3) is 5.91 Å². The van der Waals surface area contributed by atoms with Crippen molar-refractivity contribution < 1.29 is 13.6 Å². The Kier molecular flexibility index (Phi) is 2.73. The molecule has 0 unspecified atom stereocenters. The first-order valence-corrected chi connectivity index (χ1v) is 4.63. The number of nitrogens with two attached hydrogens (primary N) is 1. The van der Waals surface area contributed by atoms with E-state index >= 15 is 0 Å². The number of benzene rings is 1. The standard InChI is InChI=1S/C10H8F2N4O/c11-5-3-6(9(12)7(13)4-5)10(17)15-8-1-2-14-16-8/h1-4H,13H2,(H2,14,15,16,17). The van der Waals surface area contributed by atoms with Gasteiger partial charge in [-0.1, -0.05) is 0 Å². The van der Waals surface area contributed by atoms with Crippen molar-refractivity contribution in [1.82, 2.24) is 10.2 Å². The first-order valence-electron chi connectivity index (χ1n) is 4.63. The van der Waals surface area contributed by atoms with Crippen LogP contribution >= 0.6 is 0 Å². The highest BCUT2D eigenvalue weighted by Gasteiger charge is 2.16. The lowest BCUT2D eigenvalue weighted by Gasteiger charge is -2.06. The molecule has 88 valence electrons. The smallest absolute Gasteiger partial charge is 0.259 e. The van der Waals surface area contributed by atoms with E-state index in [0.717, 1.165) is 12.1 Å². The van der Waals surface area contributed by atoms with E-state index in [4.69, 9.17) is 5.73 Å². The van der Waals surface area contributed by atoms with E-state index in [1.165, 1.54) is 12.3 Å². The summed E-state index contributed by atoms with van der Waals surface area (Å²) in [6.45, 7) is 0. The molecule has 0 fully saturated rings. The maximum absolute atomic E-state index is 13.5. The number of aromatic amines is 1. The van der Waals surface area contributed by atoms with Crippen LogP contribution in [0.2, 0.25) is 0 Å². The second-order valence-electron chi connectivity index (χ2n) is 3.28. The van der Waals surface area contributed by atoms with Gasteiger partial charge < -0.3 is 11.1 Å². The zero-order valence-corrected chi connectivity index (χ0v) is 8.50. The summed E-state index contributed by atoms with van der Waals surface area (Å²) in [4.78, 5) is 11.6. The Morgan fingerprint density at radius 3 is 2.82 bits per heavy atom. The summed E-state index contributed by atoms with van der Waals surface area (Å²) in [5.74, 6) is -2.27. The quantitative estimate of drug-likeness (QED) is 0.693. The second-order valence-corrected chi connectivity index (χ2v) is 3.28. The molecule has 0 aliphatic carbocycles. The topological polar surface area (TPSA) is 83.8 Å². The van der Waals surface area contributed by atoms with E-state index in [9.17, 15) is 13.6 Å². The Hall–Kier alpha value is -2.44. The fraction of sp³-hybridized carbons (Fsp3) is 0. The number of nitrogens with one attached hydrogen (secondary N) is 2. The average Bonchev–Trinajstić information content (AvgIpc) is 2.76. The maximum atomic E-state index is 13.5. The largest absolute Gasteiger partial charge is 0.396 e. The van der Waals surface area contributed by atoms with Crippen molar-refractivity contribution in [3.8, 4) is 0 Å². The van der Waals surface area contributed by atoms with Crippen LogP contribution in [-0.2, 0) is 0 Å². The van der Waals surface area contributed by atoms with Crippen molar-refractivity contribution >= 4 is 17.4 Å². The molecule has 0 radical (unpaired) electrons. The van der Waals surface area contributed by atoms with Crippen LogP contribution in [0, 0.1) is 11.6 Å². The SMILES string of the molecule is Nc1cc(F)cc(C(=O)Nc2ccn[nH]2)c1F. The van der Waals surface area contributed by atoms with Crippen LogP contribution in [0.3, 0.4) is 0 Å². The van der Waals surface area contributed by atoms with Crippen molar-refractivity contribution in [3.05, 3.63) is 41.6 Å². The molecule has 5 nitrogen and oxygen atoms in total. The molecule has 0 spiro atoms. The lowest BCUT2D eigenvalue weighted by Crippen LogP contribution is -2.15. The fourth-order valence-corrected chi connectivity index (χ4v) is 1.29. The monoisotopic (exact) mass is 238 g/mol. The Balaban J connectivity index is 2.31.